The molecule has 0 saturated carbocycles. The van der Waals surface area contributed by atoms with Crippen molar-refractivity contribution in [2.24, 2.45) is 0 Å². The third-order valence-corrected chi connectivity index (χ3v) is 4.20. The zero-order valence-corrected chi connectivity index (χ0v) is 14.8. The van der Waals surface area contributed by atoms with Crippen LogP contribution in [0.4, 0.5) is 0 Å². The molecule has 23 heavy (non-hydrogen) atoms. The number of rotatable bonds is 5. The van der Waals surface area contributed by atoms with Gasteiger partial charge in [-0.2, -0.15) is 0 Å². The topological polar surface area (TPSA) is 58.2 Å². The molecule has 2 rings (SSSR count). The van der Waals surface area contributed by atoms with Gasteiger partial charge in [0.05, 0.1) is 12.6 Å². The van der Waals surface area contributed by atoms with Gasteiger partial charge >= 0.3 is 0 Å². The van der Waals surface area contributed by atoms with E-state index in [4.69, 9.17) is 11.6 Å². The van der Waals surface area contributed by atoms with Gasteiger partial charge in [0.2, 0.25) is 5.91 Å². The molecule has 0 aliphatic heterocycles. The maximum absolute atomic E-state index is 12.0. The molecule has 1 unspecified atom stereocenters. The van der Waals surface area contributed by atoms with Crippen LogP contribution >= 0.6 is 27.5 Å². The summed E-state index contributed by atoms with van der Waals surface area (Å²) in [5, 5.41) is 5.90. The summed E-state index contributed by atoms with van der Waals surface area (Å²) in [6.07, 6.45) is 0. The second kappa shape index (κ2) is 8.13. The fraction of sp³-hybridized carbons (Fsp3) is 0.176. The second-order valence-corrected chi connectivity index (χ2v) is 6.29. The van der Waals surface area contributed by atoms with Gasteiger partial charge in [0.25, 0.3) is 5.91 Å². The van der Waals surface area contributed by atoms with E-state index in [2.05, 4.69) is 26.6 Å². The van der Waals surface area contributed by atoms with E-state index in [1.165, 1.54) is 0 Å². The van der Waals surface area contributed by atoms with Gasteiger partial charge in [-0.05, 0) is 36.8 Å². The first-order valence-electron chi connectivity index (χ1n) is 7.05. The SMILES string of the molecule is CC(NC(=O)CNC(=O)c1cccc(Cl)c1)c1ccccc1Br. The van der Waals surface area contributed by atoms with E-state index in [-0.39, 0.29) is 24.4 Å². The third-order valence-electron chi connectivity index (χ3n) is 3.25. The lowest BCUT2D eigenvalue weighted by Crippen LogP contribution is -2.38. The van der Waals surface area contributed by atoms with Crippen molar-refractivity contribution in [3.63, 3.8) is 0 Å². The number of hydrogen-bond donors (Lipinski definition) is 2. The van der Waals surface area contributed by atoms with E-state index in [9.17, 15) is 9.59 Å². The summed E-state index contributed by atoms with van der Waals surface area (Å²) in [6.45, 7) is 1.79. The van der Waals surface area contributed by atoms with Crippen molar-refractivity contribution in [3.05, 3.63) is 69.2 Å². The predicted octanol–water partition coefficient (Wildman–Crippen LogP) is 3.71. The van der Waals surface area contributed by atoms with E-state index in [0.717, 1.165) is 10.0 Å². The molecule has 0 aliphatic carbocycles. The summed E-state index contributed by atoms with van der Waals surface area (Å²) >= 11 is 9.29. The summed E-state index contributed by atoms with van der Waals surface area (Å²) in [5.74, 6) is -0.597. The van der Waals surface area contributed by atoms with Crippen LogP contribution in [0.3, 0.4) is 0 Å². The number of hydrogen-bond acceptors (Lipinski definition) is 2. The van der Waals surface area contributed by atoms with Gasteiger partial charge in [-0.1, -0.05) is 51.8 Å². The van der Waals surface area contributed by atoms with Crippen molar-refractivity contribution in [1.29, 1.82) is 0 Å². The van der Waals surface area contributed by atoms with Gasteiger partial charge in [0.15, 0.2) is 0 Å². The molecule has 2 amide bonds. The van der Waals surface area contributed by atoms with Gasteiger partial charge < -0.3 is 10.6 Å². The molecule has 0 aliphatic rings. The maximum Gasteiger partial charge on any atom is 0.251 e. The Morgan fingerprint density at radius 2 is 1.91 bits per heavy atom. The minimum Gasteiger partial charge on any atom is -0.348 e. The fourth-order valence-corrected chi connectivity index (χ4v) is 2.91. The molecule has 0 radical (unpaired) electrons. The Morgan fingerprint density at radius 1 is 1.17 bits per heavy atom. The molecule has 6 heteroatoms. The van der Waals surface area contributed by atoms with Crippen LogP contribution in [0.1, 0.15) is 28.9 Å². The molecule has 0 bridgehead atoms. The van der Waals surface area contributed by atoms with Gasteiger partial charge in [0.1, 0.15) is 0 Å². The number of carbonyl (C=O) groups is 2. The lowest BCUT2D eigenvalue weighted by Gasteiger charge is -2.16. The second-order valence-electron chi connectivity index (χ2n) is 5.00. The van der Waals surface area contributed by atoms with Gasteiger partial charge in [0, 0.05) is 15.1 Å². The Hall–Kier alpha value is -1.85. The van der Waals surface area contributed by atoms with Crippen LogP contribution < -0.4 is 10.6 Å². The van der Waals surface area contributed by atoms with E-state index in [1.807, 2.05) is 31.2 Å². The van der Waals surface area contributed by atoms with E-state index >= 15 is 0 Å². The molecular weight excluding hydrogens is 380 g/mol. The number of amides is 2. The van der Waals surface area contributed by atoms with Crippen LogP contribution in [0.15, 0.2) is 53.0 Å². The average Bonchev–Trinajstić information content (AvgIpc) is 2.53. The minimum atomic E-state index is -0.337. The number of benzene rings is 2. The van der Waals surface area contributed by atoms with Crippen LogP contribution in [-0.2, 0) is 4.79 Å². The number of nitrogens with one attached hydrogen (secondary N) is 2. The normalized spacial score (nSPS) is 11.6. The highest BCUT2D eigenvalue weighted by molar-refractivity contribution is 9.10. The molecule has 2 aromatic rings. The van der Waals surface area contributed by atoms with Crippen molar-refractivity contribution in [2.75, 3.05) is 6.54 Å². The van der Waals surface area contributed by atoms with Crippen molar-refractivity contribution < 1.29 is 9.59 Å². The molecule has 1 atom stereocenters. The van der Waals surface area contributed by atoms with Gasteiger partial charge in [-0.25, -0.2) is 0 Å². The summed E-state index contributed by atoms with van der Waals surface area (Å²) in [6, 6.07) is 14.1. The summed E-state index contributed by atoms with van der Waals surface area (Å²) in [4.78, 5) is 23.9. The smallest absolute Gasteiger partial charge is 0.251 e. The lowest BCUT2D eigenvalue weighted by molar-refractivity contribution is -0.120. The van der Waals surface area contributed by atoms with Crippen molar-refractivity contribution >= 4 is 39.3 Å². The highest BCUT2D eigenvalue weighted by Crippen LogP contribution is 2.22. The van der Waals surface area contributed by atoms with Crippen LogP contribution in [0.5, 0.6) is 0 Å². The van der Waals surface area contributed by atoms with Gasteiger partial charge in [-0.15, -0.1) is 0 Å². The van der Waals surface area contributed by atoms with Gasteiger partial charge in [-0.3, -0.25) is 9.59 Å². The third kappa shape index (κ3) is 5.08. The molecule has 0 aromatic heterocycles. The molecule has 4 nitrogen and oxygen atoms in total. The Bertz CT molecular complexity index is 721. The lowest BCUT2D eigenvalue weighted by atomic mass is 10.1. The largest absolute Gasteiger partial charge is 0.348 e. The number of halogens is 2. The van der Waals surface area contributed by atoms with E-state index in [0.29, 0.717) is 10.6 Å². The predicted molar refractivity (Wildman–Crippen MR) is 94.5 cm³/mol. The monoisotopic (exact) mass is 394 g/mol. The molecule has 120 valence electrons. The Balaban J connectivity index is 1.88. The van der Waals surface area contributed by atoms with Crippen LogP contribution in [-0.4, -0.2) is 18.4 Å². The molecule has 0 heterocycles. The Morgan fingerprint density at radius 3 is 2.61 bits per heavy atom. The molecule has 0 spiro atoms. The van der Waals surface area contributed by atoms with Crippen LogP contribution in [0.25, 0.3) is 0 Å². The van der Waals surface area contributed by atoms with E-state index in [1.54, 1.807) is 24.3 Å². The molecule has 2 aromatic carbocycles. The first kappa shape index (κ1) is 17.5. The first-order chi connectivity index (χ1) is 11.0. The summed E-state index contributed by atoms with van der Waals surface area (Å²) in [7, 11) is 0. The van der Waals surface area contributed by atoms with E-state index < -0.39 is 0 Å². The first-order valence-corrected chi connectivity index (χ1v) is 8.22. The Labute approximate surface area is 148 Å². The van der Waals surface area contributed by atoms with Crippen molar-refractivity contribution in [3.8, 4) is 0 Å². The highest BCUT2D eigenvalue weighted by atomic mass is 79.9. The maximum atomic E-state index is 12.0. The fourth-order valence-electron chi connectivity index (χ4n) is 2.09. The molecule has 0 saturated heterocycles. The standard InChI is InChI=1S/C17H16BrClN2O2/c1-11(14-7-2-3-8-15(14)18)21-16(22)10-20-17(23)12-5-4-6-13(19)9-12/h2-9,11H,10H2,1H3,(H,20,23)(H,21,22). The minimum absolute atomic E-state index is 0.0971. The summed E-state index contributed by atoms with van der Waals surface area (Å²) in [5.41, 5.74) is 1.39. The number of carbonyl (C=O) groups excluding carboxylic acids is 2. The zero-order valence-electron chi connectivity index (χ0n) is 12.5. The van der Waals surface area contributed by atoms with Crippen LogP contribution in [0, 0.1) is 0 Å². The Kier molecular flexibility index (Phi) is 6.19. The molecular formula is C17H16BrClN2O2. The van der Waals surface area contributed by atoms with Crippen molar-refractivity contribution in [2.45, 2.75) is 13.0 Å². The quantitative estimate of drug-likeness (QED) is 0.811. The molecule has 2 N–H and O–H groups in total. The van der Waals surface area contributed by atoms with Crippen molar-refractivity contribution in [1.82, 2.24) is 10.6 Å². The van der Waals surface area contributed by atoms with Crippen LogP contribution in [0.2, 0.25) is 5.02 Å². The highest BCUT2D eigenvalue weighted by Gasteiger charge is 2.13. The molecule has 0 fully saturated rings. The average molecular weight is 396 g/mol. The zero-order chi connectivity index (χ0) is 16.8. The summed E-state index contributed by atoms with van der Waals surface area (Å²) < 4.78 is 0.927.